The summed E-state index contributed by atoms with van der Waals surface area (Å²) in [5, 5.41) is 0. The van der Waals surface area contributed by atoms with Gasteiger partial charge >= 0.3 is 0 Å². The molecule has 2 bridgehead atoms. The lowest BCUT2D eigenvalue weighted by atomic mass is 10.1. The minimum absolute atomic E-state index is 0.191. The molecule has 0 radical (unpaired) electrons. The van der Waals surface area contributed by atoms with Crippen LogP contribution in [0.3, 0.4) is 0 Å². The lowest BCUT2D eigenvalue weighted by molar-refractivity contribution is -0.133. The maximum Gasteiger partial charge on any atom is 0.165 e. The van der Waals surface area contributed by atoms with E-state index in [4.69, 9.17) is 4.74 Å². The third-order valence-electron chi connectivity index (χ3n) is 1.81. The van der Waals surface area contributed by atoms with Crippen molar-refractivity contribution in [2.75, 3.05) is 0 Å². The van der Waals surface area contributed by atoms with Gasteiger partial charge in [0.05, 0.1) is 6.10 Å². The van der Waals surface area contributed by atoms with Crippen molar-refractivity contribution in [3.8, 4) is 0 Å². The van der Waals surface area contributed by atoms with Gasteiger partial charge in [0.2, 0.25) is 0 Å². The van der Waals surface area contributed by atoms with Crippen LogP contribution in [0.2, 0.25) is 0 Å². The van der Waals surface area contributed by atoms with Gasteiger partial charge in [-0.3, -0.25) is 4.79 Å². The number of fused-ring (bicyclic) bond motifs is 2. The molecule has 0 aliphatic carbocycles. The smallest absolute Gasteiger partial charge is 0.165 e. The van der Waals surface area contributed by atoms with Crippen LogP contribution in [-0.2, 0) is 9.53 Å². The molecular formula is C7H8O2. The second-order valence-corrected chi connectivity index (χ2v) is 2.49. The molecule has 0 aromatic rings. The summed E-state index contributed by atoms with van der Waals surface area (Å²) in [4.78, 5) is 10.9. The Hall–Kier alpha value is -0.630. The van der Waals surface area contributed by atoms with E-state index in [1.54, 1.807) is 0 Å². The Labute approximate surface area is 53.5 Å². The number of carbonyl (C=O) groups excluding carboxylic acids is 1. The van der Waals surface area contributed by atoms with E-state index in [9.17, 15) is 4.79 Å². The SMILES string of the molecule is O=C1CCC2C=CC1O2. The molecule has 2 heteroatoms. The van der Waals surface area contributed by atoms with E-state index in [1.807, 2.05) is 12.2 Å². The van der Waals surface area contributed by atoms with Gasteiger partial charge in [-0.15, -0.1) is 0 Å². The summed E-state index contributed by atoms with van der Waals surface area (Å²) < 4.78 is 5.25. The second-order valence-electron chi connectivity index (χ2n) is 2.49. The van der Waals surface area contributed by atoms with Crippen LogP contribution in [0.4, 0.5) is 0 Å². The highest BCUT2D eigenvalue weighted by atomic mass is 16.5. The molecule has 1 saturated heterocycles. The summed E-state index contributed by atoms with van der Waals surface area (Å²) in [5.74, 6) is 0.236. The fourth-order valence-corrected chi connectivity index (χ4v) is 1.28. The van der Waals surface area contributed by atoms with Crippen LogP contribution >= 0.6 is 0 Å². The number of ketones is 1. The molecule has 1 fully saturated rings. The number of hydrogen-bond donors (Lipinski definition) is 0. The van der Waals surface area contributed by atoms with E-state index >= 15 is 0 Å². The number of rotatable bonds is 0. The number of ether oxygens (including phenoxy) is 1. The van der Waals surface area contributed by atoms with Crippen LogP contribution in [0, 0.1) is 0 Å². The van der Waals surface area contributed by atoms with Crippen molar-refractivity contribution in [3.63, 3.8) is 0 Å². The van der Waals surface area contributed by atoms with Crippen LogP contribution in [0.15, 0.2) is 12.2 Å². The molecule has 48 valence electrons. The third-order valence-corrected chi connectivity index (χ3v) is 1.81. The summed E-state index contributed by atoms with van der Waals surface area (Å²) in [6, 6.07) is 0. The molecule has 2 heterocycles. The molecule has 0 N–H and O–H groups in total. The lowest BCUT2D eigenvalue weighted by Gasteiger charge is -2.18. The van der Waals surface area contributed by atoms with E-state index in [1.165, 1.54) is 0 Å². The Morgan fingerprint density at radius 2 is 2.44 bits per heavy atom. The Morgan fingerprint density at radius 1 is 1.56 bits per heavy atom. The van der Waals surface area contributed by atoms with E-state index < -0.39 is 0 Å². The first-order valence-electron chi connectivity index (χ1n) is 3.23. The number of Topliss-reactive ketones (excluding diaryl/α,β-unsaturated/α-hetero) is 1. The summed E-state index contributed by atoms with van der Waals surface area (Å²) in [5.41, 5.74) is 0. The monoisotopic (exact) mass is 124 g/mol. The fraction of sp³-hybridized carbons (Fsp3) is 0.571. The van der Waals surface area contributed by atoms with Crippen LogP contribution in [0.5, 0.6) is 0 Å². The van der Waals surface area contributed by atoms with Crippen LogP contribution < -0.4 is 0 Å². The second kappa shape index (κ2) is 1.67. The molecule has 2 atom stereocenters. The van der Waals surface area contributed by atoms with Gasteiger partial charge in [-0.05, 0) is 12.5 Å². The van der Waals surface area contributed by atoms with Gasteiger partial charge < -0.3 is 4.74 Å². The minimum Gasteiger partial charge on any atom is -0.359 e. The Bertz CT molecular complexity index is 172. The van der Waals surface area contributed by atoms with E-state index in [-0.39, 0.29) is 18.0 Å². The number of hydrogen-bond acceptors (Lipinski definition) is 2. The zero-order valence-corrected chi connectivity index (χ0v) is 5.04. The van der Waals surface area contributed by atoms with E-state index in [0.29, 0.717) is 6.42 Å². The number of carbonyl (C=O) groups is 1. The predicted molar refractivity (Wildman–Crippen MR) is 32.0 cm³/mol. The first kappa shape index (κ1) is 5.18. The van der Waals surface area contributed by atoms with E-state index in [2.05, 4.69) is 0 Å². The molecular weight excluding hydrogens is 116 g/mol. The van der Waals surface area contributed by atoms with Crippen LogP contribution in [-0.4, -0.2) is 18.0 Å². The predicted octanol–water partition coefficient (Wildman–Crippen LogP) is 0.673. The molecule has 0 spiro atoms. The standard InChI is InChI=1S/C7H8O2/c8-6-3-1-5-2-4-7(6)9-5/h2,4-5,7H,1,3H2. The van der Waals surface area contributed by atoms with Crippen LogP contribution in [0.25, 0.3) is 0 Å². The quantitative estimate of drug-likeness (QED) is 0.444. The van der Waals surface area contributed by atoms with Gasteiger partial charge in [-0.25, -0.2) is 0 Å². The molecule has 2 aliphatic heterocycles. The van der Waals surface area contributed by atoms with Gasteiger partial charge in [0.1, 0.15) is 6.10 Å². The fourth-order valence-electron chi connectivity index (χ4n) is 1.28. The highest BCUT2D eigenvalue weighted by Crippen LogP contribution is 2.23. The van der Waals surface area contributed by atoms with Crippen LogP contribution in [0.1, 0.15) is 12.8 Å². The normalized spacial score (nSPS) is 39.8. The minimum atomic E-state index is -0.191. The van der Waals surface area contributed by atoms with E-state index in [0.717, 1.165) is 6.42 Å². The maximum atomic E-state index is 10.9. The van der Waals surface area contributed by atoms with Crippen molar-refractivity contribution in [2.24, 2.45) is 0 Å². The molecule has 0 aromatic carbocycles. The van der Waals surface area contributed by atoms with Crippen molar-refractivity contribution in [1.82, 2.24) is 0 Å². The molecule has 2 unspecified atom stereocenters. The molecule has 2 rings (SSSR count). The summed E-state index contributed by atoms with van der Waals surface area (Å²) in [7, 11) is 0. The average Bonchev–Trinajstić information content (AvgIpc) is 2.25. The average molecular weight is 124 g/mol. The molecule has 2 nitrogen and oxygen atoms in total. The van der Waals surface area contributed by atoms with Crippen molar-refractivity contribution in [3.05, 3.63) is 12.2 Å². The van der Waals surface area contributed by atoms with Gasteiger partial charge in [0.15, 0.2) is 5.78 Å². The summed E-state index contributed by atoms with van der Waals surface area (Å²) >= 11 is 0. The topological polar surface area (TPSA) is 26.3 Å². The van der Waals surface area contributed by atoms with Crippen molar-refractivity contribution < 1.29 is 9.53 Å². The maximum absolute atomic E-state index is 10.9. The largest absolute Gasteiger partial charge is 0.359 e. The molecule has 0 saturated carbocycles. The zero-order chi connectivity index (χ0) is 6.27. The first-order chi connectivity index (χ1) is 4.36. The first-order valence-corrected chi connectivity index (χ1v) is 3.23. The lowest BCUT2D eigenvalue weighted by Crippen LogP contribution is -2.27. The van der Waals surface area contributed by atoms with Gasteiger partial charge in [0.25, 0.3) is 0 Å². The van der Waals surface area contributed by atoms with Crippen molar-refractivity contribution >= 4 is 5.78 Å². The van der Waals surface area contributed by atoms with Gasteiger partial charge in [0, 0.05) is 6.42 Å². The zero-order valence-electron chi connectivity index (χ0n) is 5.04. The summed E-state index contributed by atoms with van der Waals surface area (Å²) in [6.45, 7) is 0. The summed E-state index contributed by atoms with van der Waals surface area (Å²) in [6.07, 6.45) is 5.47. The Morgan fingerprint density at radius 3 is 3.22 bits per heavy atom. The van der Waals surface area contributed by atoms with Gasteiger partial charge in [-0.1, -0.05) is 6.08 Å². The Kier molecular flexibility index (Phi) is 0.963. The molecule has 9 heavy (non-hydrogen) atoms. The molecule has 0 amide bonds. The van der Waals surface area contributed by atoms with Gasteiger partial charge in [-0.2, -0.15) is 0 Å². The Balaban J connectivity index is 2.23. The molecule has 2 aliphatic rings. The van der Waals surface area contributed by atoms with Crippen molar-refractivity contribution in [1.29, 1.82) is 0 Å². The molecule has 0 aromatic heterocycles. The third kappa shape index (κ3) is 0.704. The highest BCUT2D eigenvalue weighted by Gasteiger charge is 2.30. The highest BCUT2D eigenvalue weighted by molar-refractivity contribution is 5.86. The van der Waals surface area contributed by atoms with Crippen molar-refractivity contribution in [2.45, 2.75) is 25.0 Å².